The van der Waals surface area contributed by atoms with Gasteiger partial charge in [0.25, 0.3) is 0 Å². The molecular weight excluding hydrogens is 226 g/mol. The van der Waals surface area contributed by atoms with E-state index in [2.05, 4.69) is 9.97 Å². The SMILES string of the molecule is NC1(c2nc(Cl)nc3cc(O)ccc23)CC1. The lowest BCUT2D eigenvalue weighted by Gasteiger charge is -2.11. The van der Waals surface area contributed by atoms with Gasteiger partial charge in [-0.1, -0.05) is 0 Å². The van der Waals surface area contributed by atoms with Gasteiger partial charge in [-0.25, -0.2) is 9.97 Å². The summed E-state index contributed by atoms with van der Waals surface area (Å²) in [4.78, 5) is 8.29. The number of phenolic OH excluding ortho intramolecular Hbond substituents is 1. The molecule has 3 rings (SSSR count). The van der Waals surface area contributed by atoms with E-state index in [1.807, 2.05) is 0 Å². The summed E-state index contributed by atoms with van der Waals surface area (Å²) in [5.41, 5.74) is 7.18. The molecule has 0 amide bonds. The van der Waals surface area contributed by atoms with Crippen LogP contribution < -0.4 is 5.73 Å². The summed E-state index contributed by atoms with van der Waals surface area (Å²) < 4.78 is 0. The summed E-state index contributed by atoms with van der Waals surface area (Å²) in [6.45, 7) is 0. The summed E-state index contributed by atoms with van der Waals surface area (Å²) in [5.74, 6) is 0.162. The van der Waals surface area contributed by atoms with Crippen LogP contribution in [0.4, 0.5) is 0 Å². The number of fused-ring (bicyclic) bond motifs is 1. The molecule has 2 aromatic rings. The molecule has 1 aliphatic carbocycles. The van der Waals surface area contributed by atoms with Crippen LogP contribution in [0.25, 0.3) is 10.9 Å². The molecule has 0 aliphatic heterocycles. The molecule has 4 nitrogen and oxygen atoms in total. The third-order valence-electron chi connectivity index (χ3n) is 2.91. The van der Waals surface area contributed by atoms with E-state index in [9.17, 15) is 5.11 Å². The fourth-order valence-corrected chi connectivity index (χ4v) is 2.02. The second kappa shape index (κ2) is 3.06. The van der Waals surface area contributed by atoms with Crippen LogP contribution in [0.15, 0.2) is 18.2 Å². The van der Waals surface area contributed by atoms with Gasteiger partial charge in [-0.2, -0.15) is 0 Å². The summed E-state index contributed by atoms with van der Waals surface area (Å²) in [5, 5.41) is 10.4. The highest BCUT2D eigenvalue weighted by atomic mass is 35.5. The maximum absolute atomic E-state index is 9.40. The summed E-state index contributed by atoms with van der Waals surface area (Å²) in [7, 11) is 0. The van der Waals surface area contributed by atoms with E-state index in [4.69, 9.17) is 17.3 Å². The highest BCUT2D eigenvalue weighted by Gasteiger charge is 2.43. The second-order valence-corrected chi connectivity index (χ2v) is 4.54. The Labute approximate surface area is 97.1 Å². The summed E-state index contributed by atoms with van der Waals surface area (Å²) in [6, 6.07) is 4.95. The third kappa shape index (κ3) is 1.42. The van der Waals surface area contributed by atoms with Crippen molar-refractivity contribution in [3.8, 4) is 5.75 Å². The zero-order valence-corrected chi connectivity index (χ0v) is 9.20. The van der Waals surface area contributed by atoms with E-state index in [1.54, 1.807) is 18.2 Å². The number of nitrogens with zero attached hydrogens (tertiary/aromatic N) is 2. The van der Waals surface area contributed by atoms with Gasteiger partial charge in [-0.05, 0) is 36.6 Å². The molecule has 5 heteroatoms. The lowest BCUT2D eigenvalue weighted by atomic mass is 10.1. The van der Waals surface area contributed by atoms with E-state index in [0.717, 1.165) is 23.9 Å². The fraction of sp³-hybridized carbons (Fsp3) is 0.273. The predicted molar refractivity (Wildman–Crippen MR) is 61.3 cm³/mol. The van der Waals surface area contributed by atoms with Gasteiger partial charge in [0.2, 0.25) is 5.28 Å². The average molecular weight is 236 g/mol. The van der Waals surface area contributed by atoms with Crippen LogP contribution in [0.2, 0.25) is 5.28 Å². The zero-order valence-electron chi connectivity index (χ0n) is 8.44. The van der Waals surface area contributed by atoms with E-state index in [1.165, 1.54) is 0 Å². The molecule has 3 N–H and O–H groups in total. The smallest absolute Gasteiger partial charge is 0.223 e. The highest BCUT2D eigenvalue weighted by Crippen LogP contribution is 2.44. The number of benzene rings is 1. The predicted octanol–water partition coefficient (Wildman–Crippen LogP) is 1.94. The van der Waals surface area contributed by atoms with Crippen molar-refractivity contribution in [2.45, 2.75) is 18.4 Å². The third-order valence-corrected chi connectivity index (χ3v) is 3.08. The molecule has 0 atom stereocenters. The first-order chi connectivity index (χ1) is 7.58. The molecule has 1 aromatic heterocycles. The monoisotopic (exact) mass is 235 g/mol. The van der Waals surface area contributed by atoms with Gasteiger partial charge in [0.05, 0.1) is 16.7 Å². The number of aromatic hydroxyl groups is 1. The molecule has 0 bridgehead atoms. The first kappa shape index (κ1) is 9.81. The molecule has 0 radical (unpaired) electrons. The Balaban J connectivity index is 2.35. The minimum atomic E-state index is -0.359. The standard InChI is InChI=1S/C11H10ClN3O/c12-10-14-8-5-6(16)1-2-7(8)9(15-10)11(13)3-4-11/h1-2,5,16H,3-4,13H2. The van der Waals surface area contributed by atoms with Crippen molar-refractivity contribution in [1.29, 1.82) is 0 Å². The summed E-state index contributed by atoms with van der Waals surface area (Å²) in [6.07, 6.45) is 1.83. The number of halogens is 1. The minimum absolute atomic E-state index is 0.162. The van der Waals surface area contributed by atoms with Crippen molar-refractivity contribution in [3.05, 3.63) is 29.2 Å². The van der Waals surface area contributed by atoms with E-state index in [0.29, 0.717) is 5.52 Å². The van der Waals surface area contributed by atoms with Crippen molar-refractivity contribution < 1.29 is 5.11 Å². The summed E-state index contributed by atoms with van der Waals surface area (Å²) >= 11 is 5.85. The molecule has 1 saturated carbocycles. The van der Waals surface area contributed by atoms with Gasteiger partial charge in [-0.15, -0.1) is 0 Å². The van der Waals surface area contributed by atoms with Crippen LogP contribution >= 0.6 is 11.6 Å². The lowest BCUT2D eigenvalue weighted by molar-refractivity contribution is 0.476. The number of phenols is 1. The van der Waals surface area contributed by atoms with Gasteiger partial charge in [0.15, 0.2) is 0 Å². The van der Waals surface area contributed by atoms with Crippen LogP contribution in [0.1, 0.15) is 18.5 Å². The quantitative estimate of drug-likeness (QED) is 0.741. The van der Waals surface area contributed by atoms with Crippen molar-refractivity contribution >= 4 is 22.5 Å². The maximum Gasteiger partial charge on any atom is 0.223 e. The van der Waals surface area contributed by atoms with Gasteiger partial charge in [-0.3, -0.25) is 0 Å². The van der Waals surface area contributed by atoms with Gasteiger partial charge >= 0.3 is 0 Å². The lowest BCUT2D eigenvalue weighted by Crippen LogP contribution is -2.21. The van der Waals surface area contributed by atoms with Gasteiger partial charge < -0.3 is 10.8 Å². The van der Waals surface area contributed by atoms with Crippen LogP contribution in [-0.4, -0.2) is 15.1 Å². The van der Waals surface area contributed by atoms with E-state index >= 15 is 0 Å². The highest BCUT2D eigenvalue weighted by molar-refractivity contribution is 6.28. The zero-order chi connectivity index (χ0) is 11.3. The second-order valence-electron chi connectivity index (χ2n) is 4.20. The van der Waals surface area contributed by atoms with E-state index < -0.39 is 0 Å². The molecular formula is C11H10ClN3O. The maximum atomic E-state index is 9.40. The fourth-order valence-electron chi connectivity index (χ4n) is 1.84. The average Bonchev–Trinajstić information content (AvgIpc) is 2.96. The molecule has 0 saturated heterocycles. The first-order valence-corrected chi connectivity index (χ1v) is 5.42. The van der Waals surface area contributed by atoms with Gasteiger partial charge in [0, 0.05) is 11.5 Å². The van der Waals surface area contributed by atoms with E-state index in [-0.39, 0.29) is 16.6 Å². The normalized spacial score (nSPS) is 17.6. The Morgan fingerprint density at radius 2 is 2.06 bits per heavy atom. The van der Waals surface area contributed by atoms with Crippen molar-refractivity contribution in [1.82, 2.24) is 9.97 Å². The molecule has 1 aromatic carbocycles. The number of hydrogen-bond acceptors (Lipinski definition) is 4. The molecule has 1 fully saturated rings. The Bertz CT molecular complexity index is 575. The molecule has 16 heavy (non-hydrogen) atoms. The number of aromatic nitrogens is 2. The van der Waals surface area contributed by atoms with Crippen LogP contribution in [0.3, 0.4) is 0 Å². The van der Waals surface area contributed by atoms with Crippen LogP contribution in [0, 0.1) is 0 Å². The Morgan fingerprint density at radius 3 is 2.75 bits per heavy atom. The molecule has 1 heterocycles. The van der Waals surface area contributed by atoms with Gasteiger partial charge in [0.1, 0.15) is 5.75 Å². The Hall–Kier alpha value is -1.39. The molecule has 82 valence electrons. The van der Waals surface area contributed by atoms with Crippen molar-refractivity contribution in [3.63, 3.8) is 0 Å². The van der Waals surface area contributed by atoms with Crippen molar-refractivity contribution in [2.24, 2.45) is 5.73 Å². The molecule has 0 unspecified atom stereocenters. The molecule has 1 aliphatic rings. The Morgan fingerprint density at radius 1 is 1.31 bits per heavy atom. The van der Waals surface area contributed by atoms with Crippen LogP contribution in [-0.2, 0) is 5.54 Å². The van der Waals surface area contributed by atoms with Crippen LogP contribution in [0.5, 0.6) is 5.75 Å². The number of hydrogen-bond donors (Lipinski definition) is 2. The van der Waals surface area contributed by atoms with Crippen molar-refractivity contribution in [2.75, 3.05) is 0 Å². The molecule has 0 spiro atoms. The largest absolute Gasteiger partial charge is 0.508 e. The number of nitrogens with two attached hydrogens (primary N) is 1. The minimum Gasteiger partial charge on any atom is -0.508 e. The number of rotatable bonds is 1. The Kier molecular flexibility index (Phi) is 1.87. The first-order valence-electron chi connectivity index (χ1n) is 5.04. The topological polar surface area (TPSA) is 72.0 Å².